The Bertz CT molecular complexity index is 442. The molecular weight excluding hydrogens is 291 g/mol. The van der Waals surface area contributed by atoms with Gasteiger partial charge < -0.3 is 24.0 Å². The SMILES string of the molecule is O=P(O)(O)CCCCOCC1COc2cscc2O1. The fourth-order valence-electron chi connectivity index (χ4n) is 1.68. The molecule has 0 aliphatic carbocycles. The van der Waals surface area contributed by atoms with Gasteiger partial charge in [0.1, 0.15) is 6.61 Å². The first-order valence-corrected chi connectivity index (χ1v) is 8.76. The summed E-state index contributed by atoms with van der Waals surface area (Å²) < 4.78 is 27.2. The van der Waals surface area contributed by atoms with Gasteiger partial charge in [0.2, 0.25) is 0 Å². The van der Waals surface area contributed by atoms with Crippen molar-refractivity contribution in [2.45, 2.75) is 18.9 Å². The summed E-state index contributed by atoms with van der Waals surface area (Å²) in [6.45, 7) is 1.35. The van der Waals surface area contributed by atoms with E-state index in [-0.39, 0.29) is 12.3 Å². The average molecular weight is 308 g/mol. The average Bonchev–Trinajstić information content (AvgIpc) is 2.79. The molecule has 0 aromatic carbocycles. The highest BCUT2D eigenvalue weighted by Crippen LogP contribution is 2.36. The zero-order valence-corrected chi connectivity index (χ0v) is 12.1. The molecule has 19 heavy (non-hydrogen) atoms. The van der Waals surface area contributed by atoms with E-state index in [0.717, 1.165) is 11.5 Å². The van der Waals surface area contributed by atoms with Crippen LogP contribution in [-0.2, 0) is 9.30 Å². The van der Waals surface area contributed by atoms with Gasteiger partial charge in [-0.3, -0.25) is 4.57 Å². The van der Waals surface area contributed by atoms with E-state index in [9.17, 15) is 4.57 Å². The lowest BCUT2D eigenvalue weighted by molar-refractivity contribution is 0.00873. The van der Waals surface area contributed by atoms with Crippen molar-refractivity contribution in [2.24, 2.45) is 0 Å². The molecule has 2 N–H and O–H groups in total. The van der Waals surface area contributed by atoms with E-state index in [4.69, 9.17) is 24.0 Å². The van der Waals surface area contributed by atoms with Gasteiger partial charge in [-0.2, -0.15) is 0 Å². The molecule has 1 aliphatic heterocycles. The van der Waals surface area contributed by atoms with E-state index in [2.05, 4.69) is 0 Å². The molecule has 1 unspecified atom stereocenters. The van der Waals surface area contributed by atoms with Crippen LogP contribution in [-0.4, -0.2) is 41.9 Å². The molecule has 0 saturated heterocycles. The van der Waals surface area contributed by atoms with Gasteiger partial charge in [-0.15, -0.1) is 11.3 Å². The maximum atomic E-state index is 10.6. The molecule has 0 saturated carbocycles. The van der Waals surface area contributed by atoms with Crippen molar-refractivity contribution >= 4 is 18.9 Å². The maximum Gasteiger partial charge on any atom is 0.325 e. The number of fused-ring (bicyclic) bond motifs is 1. The first kappa shape index (κ1) is 14.8. The summed E-state index contributed by atoms with van der Waals surface area (Å²) in [5, 5.41) is 3.79. The summed E-state index contributed by atoms with van der Waals surface area (Å²) in [7, 11) is -3.87. The second-order valence-corrected chi connectivity index (χ2v) is 6.84. The Morgan fingerprint density at radius 2 is 2.16 bits per heavy atom. The summed E-state index contributed by atoms with van der Waals surface area (Å²) >= 11 is 1.53. The molecule has 2 rings (SSSR count). The Labute approximate surface area is 115 Å². The van der Waals surface area contributed by atoms with Crippen molar-refractivity contribution in [1.82, 2.24) is 0 Å². The first-order chi connectivity index (χ1) is 9.04. The Morgan fingerprint density at radius 1 is 1.37 bits per heavy atom. The molecule has 0 fully saturated rings. The van der Waals surface area contributed by atoms with Gasteiger partial charge in [-0.25, -0.2) is 0 Å². The van der Waals surface area contributed by atoms with Crippen molar-refractivity contribution < 1.29 is 28.6 Å². The number of rotatable bonds is 7. The molecule has 0 amide bonds. The second-order valence-electron chi connectivity index (χ2n) is 4.32. The minimum Gasteiger partial charge on any atom is -0.485 e. The third kappa shape index (κ3) is 5.12. The molecule has 0 radical (unpaired) electrons. The standard InChI is InChI=1S/C11H17O6PS/c12-18(13,14)4-2-1-3-15-5-9-6-16-10-7-19-8-11(10)17-9/h7-9H,1-6H2,(H2,12,13,14). The van der Waals surface area contributed by atoms with Crippen LogP contribution in [0.5, 0.6) is 11.5 Å². The van der Waals surface area contributed by atoms with Crippen LogP contribution in [0.2, 0.25) is 0 Å². The minimum atomic E-state index is -3.87. The van der Waals surface area contributed by atoms with Gasteiger partial charge in [0.15, 0.2) is 17.6 Å². The predicted molar refractivity (Wildman–Crippen MR) is 71.2 cm³/mol. The molecule has 1 aromatic heterocycles. The van der Waals surface area contributed by atoms with Crippen molar-refractivity contribution in [3.63, 3.8) is 0 Å². The summed E-state index contributed by atoms with van der Waals surface area (Å²) in [4.78, 5) is 17.4. The van der Waals surface area contributed by atoms with Gasteiger partial charge in [0, 0.05) is 23.5 Å². The second kappa shape index (κ2) is 6.72. The lowest BCUT2D eigenvalue weighted by Gasteiger charge is -2.24. The minimum absolute atomic E-state index is 0.0857. The summed E-state index contributed by atoms with van der Waals surface area (Å²) in [5.41, 5.74) is 0. The van der Waals surface area contributed by atoms with Crippen LogP contribution in [0.25, 0.3) is 0 Å². The summed E-state index contributed by atoms with van der Waals surface area (Å²) in [5.74, 6) is 1.54. The fourth-order valence-corrected chi connectivity index (χ4v) is 2.99. The third-order valence-corrected chi connectivity index (χ3v) is 4.20. The molecule has 1 aromatic rings. The molecule has 2 heterocycles. The Kier molecular flexibility index (Phi) is 5.24. The van der Waals surface area contributed by atoms with Crippen molar-refractivity contribution in [3.05, 3.63) is 10.8 Å². The lowest BCUT2D eigenvalue weighted by Crippen LogP contribution is -2.33. The number of unbranched alkanes of at least 4 members (excludes halogenated alkanes) is 1. The van der Waals surface area contributed by atoms with Crippen molar-refractivity contribution in [1.29, 1.82) is 0 Å². The quantitative estimate of drug-likeness (QED) is 0.591. The highest BCUT2D eigenvalue weighted by molar-refractivity contribution is 7.51. The van der Waals surface area contributed by atoms with Gasteiger partial charge >= 0.3 is 7.60 Å². The van der Waals surface area contributed by atoms with Crippen LogP contribution < -0.4 is 9.47 Å². The van der Waals surface area contributed by atoms with E-state index in [1.807, 2.05) is 10.8 Å². The van der Waals surface area contributed by atoms with Crippen molar-refractivity contribution in [2.75, 3.05) is 26.0 Å². The smallest absolute Gasteiger partial charge is 0.325 e. The van der Waals surface area contributed by atoms with Crippen LogP contribution in [0.4, 0.5) is 0 Å². The molecule has 8 heteroatoms. The normalized spacial score (nSPS) is 18.5. The third-order valence-electron chi connectivity index (χ3n) is 2.60. The molecule has 6 nitrogen and oxygen atoms in total. The van der Waals surface area contributed by atoms with E-state index >= 15 is 0 Å². The predicted octanol–water partition coefficient (Wildman–Crippen LogP) is 1.86. The number of ether oxygens (including phenoxy) is 3. The first-order valence-electron chi connectivity index (χ1n) is 6.02. The van der Waals surface area contributed by atoms with Crippen LogP contribution in [0.1, 0.15) is 12.8 Å². The van der Waals surface area contributed by atoms with Crippen LogP contribution in [0, 0.1) is 0 Å². The van der Waals surface area contributed by atoms with Gasteiger partial charge in [0.05, 0.1) is 6.61 Å². The van der Waals surface area contributed by atoms with Crippen molar-refractivity contribution in [3.8, 4) is 11.5 Å². The van der Waals surface area contributed by atoms with Crippen LogP contribution in [0.15, 0.2) is 10.8 Å². The molecule has 1 atom stereocenters. The van der Waals surface area contributed by atoms with Crippen LogP contribution in [0.3, 0.4) is 0 Å². The summed E-state index contributed by atoms with van der Waals surface area (Å²) in [6.07, 6.45) is 0.880. The maximum absolute atomic E-state index is 10.6. The number of thiophene rings is 1. The fraction of sp³-hybridized carbons (Fsp3) is 0.636. The van der Waals surface area contributed by atoms with Gasteiger partial charge in [-0.1, -0.05) is 0 Å². The van der Waals surface area contributed by atoms with E-state index < -0.39 is 7.60 Å². The molecule has 0 spiro atoms. The lowest BCUT2D eigenvalue weighted by atomic mass is 10.3. The Hall–Kier alpha value is -0.590. The highest BCUT2D eigenvalue weighted by atomic mass is 32.1. The largest absolute Gasteiger partial charge is 0.485 e. The number of hydrogen-bond donors (Lipinski definition) is 2. The van der Waals surface area contributed by atoms with E-state index in [0.29, 0.717) is 32.7 Å². The molecule has 1 aliphatic rings. The Morgan fingerprint density at radius 3 is 2.95 bits per heavy atom. The van der Waals surface area contributed by atoms with Crippen LogP contribution >= 0.6 is 18.9 Å². The monoisotopic (exact) mass is 308 g/mol. The zero-order valence-electron chi connectivity index (χ0n) is 10.4. The van der Waals surface area contributed by atoms with Gasteiger partial charge in [0.25, 0.3) is 0 Å². The molecular formula is C11H17O6PS. The molecule has 0 bridgehead atoms. The molecule has 108 valence electrons. The zero-order chi connectivity index (χ0) is 13.7. The van der Waals surface area contributed by atoms with Gasteiger partial charge in [-0.05, 0) is 12.8 Å². The topological polar surface area (TPSA) is 85.2 Å². The number of hydrogen-bond acceptors (Lipinski definition) is 5. The highest BCUT2D eigenvalue weighted by Gasteiger charge is 2.21. The Balaban J connectivity index is 1.56. The van der Waals surface area contributed by atoms with E-state index in [1.165, 1.54) is 11.3 Å². The van der Waals surface area contributed by atoms with E-state index in [1.54, 1.807) is 0 Å². The summed E-state index contributed by atoms with van der Waals surface area (Å²) in [6, 6.07) is 0.